The number of nitrogens with two attached hydrogens (primary N) is 1. The van der Waals surface area contributed by atoms with Crippen molar-refractivity contribution in [1.82, 2.24) is 10.7 Å². The summed E-state index contributed by atoms with van der Waals surface area (Å²) in [6, 6.07) is 17.3. The predicted molar refractivity (Wildman–Crippen MR) is 198 cm³/mol. The summed E-state index contributed by atoms with van der Waals surface area (Å²) >= 11 is 5.41. The zero-order chi connectivity index (χ0) is 37.6. The van der Waals surface area contributed by atoms with Gasteiger partial charge in [-0.15, -0.1) is 0 Å². The fraction of sp³-hybridized carbons (Fsp3) is 0.432. The van der Waals surface area contributed by atoms with Crippen LogP contribution in [0.2, 0.25) is 5.02 Å². The fourth-order valence-corrected chi connectivity index (χ4v) is 5.36. The molecule has 0 unspecified atom stereocenters. The molecule has 52 heavy (non-hydrogen) atoms. The lowest BCUT2D eigenvalue weighted by Crippen LogP contribution is -2.29. The zero-order valence-electron chi connectivity index (χ0n) is 29.4. The van der Waals surface area contributed by atoms with Crippen molar-refractivity contribution in [2.75, 3.05) is 76.0 Å². The van der Waals surface area contributed by atoms with Crippen molar-refractivity contribution in [2.24, 2.45) is 10.8 Å². The molecule has 15 heteroatoms. The number of hydrogen-bond donors (Lipinski definition) is 4. The summed E-state index contributed by atoms with van der Waals surface area (Å²) in [5.41, 5.74) is 11.4. The first-order valence-electron chi connectivity index (χ1n) is 17.1. The topological polar surface area (TPSA) is 140 Å². The number of amides is 2. The Balaban J connectivity index is 0.000000381. The molecular weight excluding hydrogens is 701 g/mol. The first-order chi connectivity index (χ1) is 25.1. The Morgan fingerprint density at radius 1 is 0.942 bits per heavy atom. The number of nitrogens with zero attached hydrogens (tertiary/aromatic N) is 2. The summed E-state index contributed by atoms with van der Waals surface area (Å²) in [5.74, 6) is -0.0950. The molecule has 0 saturated carbocycles. The maximum Gasteiger partial charge on any atom is 0.417 e. The monoisotopic (exact) mass is 748 g/mol. The Bertz CT molecular complexity index is 1560. The fourth-order valence-electron chi connectivity index (χ4n) is 5.14. The lowest BCUT2D eigenvalue weighted by molar-refractivity contribution is -0.137. The number of ether oxygens (including phenoxy) is 3. The number of benzene rings is 3. The maximum absolute atomic E-state index is 12.9. The van der Waals surface area contributed by atoms with Crippen LogP contribution in [0.3, 0.4) is 0 Å². The Kier molecular flexibility index (Phi) is 19.1. The second-order valence-electron chi connectivity index (χ2n) is 11.7. The molecule has 3 aromatic carbocycles. The van der Waals surface area contributed by atoms with Gasteiger partial charge in [-0.25, -0.2) is 5.43 Å². The minimum atomic E-state index is -4.51. The standard InChI is InChI=1S/C28H42N4O4.C9H6ClF3N2O/c1-23-20-26(32-12-3-2-4-13-32)8-9-27(23)31-28(33)25-7-5-6-24(21-25)22-30-11-15-35-17-19-36-18-16-34-14-10-29;10-8-2-1-6(4-14-15-5-16)3-7(8)9(11,12)13/h5-9,20-21,30H,2-4,10-19,22,29H2,1H3,(H,31,33);1-5H,(H,15,16)/b;14-4+. The van der Waals surface area contributed by atoms with Gasteiger partial charge in [-0.1, -0.05) is 29.8 Å². The molecule has 1 heterocycles. The lowest BCUT2D eigenvalue weighted by atomic mass is 10.1. The number of carbonyl (C=O) groups is 2. The van der Waals surface area contributed by atoms with E-state index in [2.05, 4.69) is 39.7 Å². The van der Waals surface area contributed by atoms with Gasteiger partial charge in [-0.05, 0) is 85.3 Å². The summed E-state index contributed by atoms with van der Waals surface area (Å²) in [5, 5.41) is 9.41. The first kappa shape index (κ1) is 42.4. The predicted octanol–water partition coefficient (Wildman–Crippen LogP) is 5.77. The van der Waals surface area contributed by atoms with Gasteiger partial charge in [0.25, 0.3) is 5.91 Å². The van der Waals surface area contributed by atoms with Gasteiger partial charge >= 0.3 is 6.18 Å². The number of rotatable bonds is 19. The van der Waals surface area contributed by atoms with Crippen molar-refractivity contribution in [1.29, 1.82) is 0 Å². The van der Waals surface area contributed by atoms with Gasteiger partial charge in [0.1, 0.15) is 0 Å². The number of hydrogen-bond acceptors (Lipinski definition) is 9. The van der Waals surface area contributed by atoms with Gasteiger partial charge in [0.15, 0.2) is 0 Å². The molecule has 0 aromatic heterocycles. The first-order valence-corrected chi connectivity index (χ1v) is 17.5. The Morgan fingerprint density at radius 3 is 2.33 bits per heavy atom. The Hall–Kier alpha value is -4.05. The van der Waals surface area contributed by atoms with Crippen LogP contribution in [0.15, 0.2) is 65.8 Å². The van der Waals surface area contributed by atoms with E-state index in [0.717, 1.165) is 54.8 Å². The highest BCUT2D eigenvalue weighted by Crippen LogP contribution is 2.35. The minimum absolute atomic E-state index is 0.0950. The SMILES string of the molecule is Cc1cc(N2CCCCC2)ccc1NC(=O)c1cccc(CNCCOCCOCCOCCN)c1.O=CN/N=C/c1ccc(Cl)c(C(F)(F)F)c1. The number of alkyl halides is 3. The molecule has 284 valence electrons. The molecular formula is C37H48ClF3N6O5. The van der Waals surface area contributed by atoms with Crippen LogP contribution in [0.25, 0.3) is 0 Å². The van der Waals surface area contributed by atoms with E-state index >= 15 is 0 Å². The van der Waals surface area contributed by atoms with Gasteiger partial charge in [-0.2, -0.15) is 18.3 Å². The molecule has 5 N–H and O–H groups in total. The van der Waals surface area contributed by atoms with Crippen LogP contribution in [-0.2, 0) is 31.7 Å². The molecule has 1 aliphatic rings. The maximum atomic E-state index is 12.9. The smallest absolute Gasteiger partial charge is 0.378 e. The highest BCUT2D eigenvalue weighted by atomic mass is 35.5. The third kappa shape index (κ3) is 15.7. The van der Waals surface area contributed by atoms with Crippen LogP contribution < -0.4 is 26.7 Å². The molecule has 1 aliphatic heterocycles. The molecule has 4 rings (SSSR count). The van der Waals surface area contributed by atoms with Gasteiger partial charge in [-0.3, -0.25) is 9.59 Å². The summed E-state index contributed by atoms with van der Waals surface area (Å²) in [6.45, 7) is 9.55. The molecule has 0 spiro atoms. The van der Waals surface area contributed by atoms with Crippen molar-refractivity contribution in [3.8, 4) is 0 Å². The minimum Gasteiger partial charge on any atom is -0.378 e. The van der Waals surface area contributed by atoms with Crippen molar-refractivity contribution in [3.05, 3.63) is 93.5 Å². The number of carbonyl (C=O) groups excluding carboxylic acids is 2. The summed E-state index contributed by atoms with van der Waals surface area (Å²) < 4.78 is 53.5. The largest absolute Gasteiger partial charge is 0.417 e. The van der Waals surface area contributed by atoms with Gasteiger partial charge in [0.2, 0.25) is 6.41 Å². The van der Waals surface area contributed by atoms with Crippen molar-refractivity contribution < 1.29 is 37.0 Å². The van der Waals surface area contributed by atoms with Crippen LogP contribution in [0.5, 0.6) is 0 Å². The normalized spacial score (nSPS) is 13.1. The van der Waals surface area contributed by atoms with E-state index in [4.69, 9.17) is 31.5 Å². The second-order valence-corrected chi connectivity index (χ2v) is 12.2. The van der Waals surface area contributed by atoms with E-state index in [1.165, 1.54) is 31.0 Å². The lowest BCUT2D eigenvalue weighted by Gasteiger charge is -2.29. The van der Waals surface area contributed by atoms with Gasteiger partial charge in [0, 0.05) is 49.7 Å². The Labute approximate surface area is 308 Å². The average Bonchev–Trinajstić information content (AvgIpc) is 3.14. The summed E-state index contributed by atoms with van der Waals surface area (Å²) in [7, 11) is 0. The number of anilines is 2. The third-order valence-electron chi connectivity index (χ3n) is 7.76. The third-order valence-corrected chi connectivity index (χ3v) is 8.09. The van der Waals surface area contributed by atoms with Crippen LogP contribution in [0.4, 0.5) is 24.5 Å². The van der Waals surface area contributed by atoms with Crippen LogP contribution in [-0.4, -0.2) is 84.4 Å². The number of piperidine rings is 1. The quantitative estimate of drug-likeness (QED) is 0.0525. The van der Waals surface area contributed by atoms with Crippen molar-refractivity contribution >= 4 is 41.5 Å². The highest BCUT2D eigenvalue weighted by Gasteiger charge is 2.33. The molecule has 0 atom stereocenters. The average molecular weight is 749 g/mol. The zero-order valence-corrected chi connectivity index (χ0v) is 30.1. The van der Waals surface area contributed by atoms with E-state index in [0.29, 0.717) is 64.7 Å². The van der Waals surface area contributed by atoms with Gasteiger partial charge < -0.3 is 35.5 Å². The molecule has 11 nitrogen and oxygen atoms in total. The van der Waals surface area contributed by atoms with E-state index in [1.54, 1.807) is 0 Å². The number of nitrogens with one attached hydrogen (secondary N) is 3. The molecule has 0 aliphatic carbocycles. The summed E-state index contributed by atoms with van der Waals surface area (Å²) in [4.78, 5) is 25.2. The number of hydrazone groups is 1. The molecule has 3 aromatic rings. The highest BCUT2D eigenvalue weighted by molar-refractivity contribution is 6.31. The van der Waals surface area contributed by atoms with Gasteiger partial charge in [0.05, 0.1) is 56.4 Å². The molecule has 1 saturated heterocycles. The summed E-state index contributed by atoms with van der Waals surface area (Å²) in [6.07, 6.45) is 0.679. The molecule has 2 amide bonds. The molecule has 0 radical (unpaired) electrons. The Morgan fingerprint density at radius 2 is 1.65 bits per heavy atom. The second kappa shape index (κ2) is 23.5. The van der Waals surface area contributed by atoms with Crippen molar-refractivity contribution in [3.63, 3.8) is 0 Å². The number of aryl methyl sites for hydroxylation is 1. The van der Waals surface area contributed by atoms with Crippen LogP contribution in [0.1, 0.15) is 51.9 Å². The van der Waals surface area contributed by atoms with E-state index in [-0.39, 0.29) is 16.5 Å². The van der Waals surface area contributed by atoms with E-state index in [9.17, 15) is 22.8 Å². The number of halogens is 4. The van der Waals surface area contributed by atoms with Crippen LogP contribution in [0, 0.1) is 6.92 Å². The van der Waals surface area contributed by atoms with Crippen LogP contribution >= 0.6 is 11.6 Å². The molecule has 1 fully saturated rings. The van der Waals surface area contributed by atoms with E-state index < -0.39 is 11.7 Å². The van der Waals surface area contributed by atoms with Crippen molar-refractivity contribution in [2.45, 2.75) is 38.9 Å². The molecule has 0 bridgehead atoms. The van der Waals surface area contributed by atoms with E-state index in [1.807, 2.05) is 35.8 Å².